The SMILES string of the molecule is Cc1ccc(S(=O)(=O)Nc2ccc(C(=O)NCCN3CC(C)CC(C)C3)cc2)cc1C. The van der Waals surface area contributed by atoms with Crippen molar-refractivity contribution in [3.05, 3.63) is 59.2 Å². The number of nitrogens with one attached hydrogen (secondary N) is 2. The molecule has 0 bridgehead atoms. The van der Waals surface area contributed by atoms with Gasteiger partial charge in [-0.2, -0.15) is 0 Å². The maximum atomic E-state index is 12.6. The zero-order valence-electron chi connectivity index (χ0n) is 18.8. The summed E-state index contributed by atoms with van der Waals surface area (Å²) in [7, 11) is -3.68. The highest BCUT2D eigenvalue weighted by atomic mass is 32.2. The molecule has 3 rings (SSSR count). The Morgan fingerprint density at radius 2 is 1.65 bits per heavy atom. The number of aryl methyl sites for hydroxylation is 2. The number of carbonyl (C=O) groups excluding carboxylic acids is 1. The molecule has 2 aromatic rings. The minimum Gasteiger partial charge on any atom is -0.351 e. The van der Waals surface area contributed by atoms with Gasteiger partial charge in [0.2, 0.25) is 0 Å². The minimum atomic E-state index is -3.68. The van der Waals surface area contributed by atoms with Crippen molar-refractivity contribution in [2.75, 3.05) is 30.9 Å². The summed E-state index contributed by atoms with van der Waals surface area (Å²) in [5.74, 6) is 1.24. The fourth-order valence-electron chi connectivity index (χ4n) is 4.19. The van der Waals surface area contributed by atoms with Crippen LogP contribution in [0.5, 0.6) is 0 Å². The van der Waals surface area contributed by atoms with Crippen molar-refractivity contribution >= 4 is 21.6 Å². The fraction of sp³-hybridized carbons (Fsp3) is 0.458. The van der Waals surface area contributed by atoms with Crippen LogP contribution in [-0.2, 0) is 10.0 Å². The predicted octanol–water partition coefficient (Wildman–Crippen LogP) is 3.81. The molecule has 1 aliphatic heterocycles. The summed E-state index contributed by atoms with van der Waals surface area (Å²) in [4.78, 5) is 15.1. The van der Waals surface area contributed by atoms with Crippen molar-refractivity contribution in [2.24, 2.45) is 11.8 Å². The van der Waals surface area contributed by atoms with Crippen LogP contribution in [0.2, 0.25) is 0 Å². The van der Waals surface area contributed by atoms with E-state index in [1.807, 2.05) is 13.8 Å². The van der Waals surface area contributed by atoms with Crippen LogP contribution in [-0.4, -0.2) is 45.4 Å². The Bertz CT molecular complexity index is 1010. The molecule has 2 atom stereocenters. The van der Waals surface area contributed by atoms with Gasteiger partial charge in [-0.15, -0.1) is 0 Å². The molecular weight excluding hydrogens is 410 g/mol. The number of hydrogen-bond donors (Lipinski definition) is 2. The van der Waals surface area contributed by atoms with E-state index in [4.69, 9.17) is 0 Å². The molecule has 168 valence electrons. The molecule has 2 unspecified atom stereocenters. The second kappa shape index (κ2) is 9.83. The molecule has 2 aromatic carbocycles. The lowest BCUT2D eigenvalue weighted by atomic mass is 9.92. The van der Waals surface area contributed by atoms with E-state index >= 15 is 0 Å². The first kappa shape index (κ1) is 23.3. The molecule has 1 aliphatic rings. The van der Waals surface area contributed by atoms with Gasteiger partial charge < -0.3 is 10.2 Å². The first-order valence-corrected chi connectivity index (χ1v) is 12.3. The summed E-state index contributed by atoms with van der Waals surface area (Å²) >= 11 is 0. The van der Waals surface area contributed by atoms with Crippen LogP contribution in [0.25, 0.3) is 0 Å². The van der Waals surface area contributed by atoms with E-state index < -0.39 is 10.0 Å². The van der Waals surface area contributed by atoms with Gasteiger partial charge in [-0.05, 0) is 79.6 Å². The first-order chi connectivity index (χ1) is 14.6. The number of hydrogen-bond acceptors (Lipinski definition) is 4. The number of piperidine rings is 1. The molecule has 0 saturated carbocycles. The molecule has 6 nitrogen and oxygen atoms in total. The van der Waals surface area contributed by atoms with E-state index in [0.29, 0.717) is 29.6 Å². The third-order valence-electron chi connectivity index (χ3n) is 5.85. The topological polar surface area (TPSA) is 78.5 Å². The number of rotatable bonds is 7. The van der Waals surface area contributed by atoms with Crippen molar-refractivity contribution in [1.82, 2.24) is 10.2 Å². The molecule has 1 amide bonds. The lowest BCUT2D eigenvalue weighted by molar-refractivity contribution is 0.0936. The standard InChI is InChI=1S/C24H33N3O3S/c1-17-13-18(2)16-27(15-17)12-11-25-24(28)21-6-8-22(9-7-21)26-31(29,30)23-10-5-19(3)20(4)14-23/h5-10,14,17-18,26H,11-13,15-16H2,1-4H3,(H,25,28). The van der Waals surface area contributed by atoms with Gasteiger partial charge in [-0.1, -0.05) is 19.9 Å². The summed E-state index contributed by atoms with van der Waals surface area (Å²) in [6.07, 6.45) is 1.27. The fourth-order valence-corrected chi connectivity index (χ4v) is 5.33. The molecule has 0 aromatic heterocycles. The highest BCUT2D eigenvalue weighted by Crippen LogP contribution is 2.21. The number of nitrogens with zero attached hydrogens (tertiary/aromatic N) is 1. The number of carbonyl (C=O) groups is 1. The molecule has 1 saturated heterocycles. The quantitative estimate of drug-likeness (QED) is 0.682. The van der Waals surface area contributed by atoms with Crippen LogP contribution < -0.4 is 10.0 Å². The summed E-state index contributed by atoms with van der Waals surface area (Å²) in [6.45, 7) is 12.0. The Morgan fingerprint density at radius 3 is 2.26 bits per heavy atom. The summed E-state index contributed by atoms with van der Waals surface area (Å²) in [5.41, 5.74) is 2.89. The molecule has 7 heteroatoms. The summed E-state index contributed by atoms with van der Waals surface area (Å²) in [6, 6.07) is 11.5. The Morgan fingerprint density at radius 1 is 1.00 bits per heavy atom. The second-order valence-corrected chi connectivity index (χ2v) is 10.6. The molecular formula is C24H33N3O3S. The maximum Gasteiger partial charge on any atom is 0.261 e. The Balaban J connectivity index is 1.54. The van der Waals surface area contributed by atoms with Crippen molar-refractivity contribution in [3.8, 4) is 0 Å². The van der Waals surface area contributed by atoms with Crippen LogP contribution in [0.1, 0.15) is 41.8 Å². The second-order valence-electron chi connectivity index (χ2n) is 8.89. The zero-order chi connectivity index (χ0) is 22.6. The third-order valence-corrected chi connectivity index (χ3v) is 7.23. The van der Waals surface area contributed by atoms with Crippen LogP contribution in [0.4, 0.5) is 5.69 Å². The highest BCUT2D eigenvalue weighted by molar-refractivity contribution is 7.92. The molecule has 1 fully saturated rings. The zero-order valence-corrected chi connectivity index (χ0v) is 19.6. The number of anilines is 1. The average molecular weight is 444 g/mol. The van der Waals surface area contributed by atoms with Crippen LogP contribution in [0, 0.1) is 25.7 Å². The molecule has 1 heterocycles. The molecule has 0 radical (unpaired) electrons. The Hall–Kier alpha value is -2.38. The highest BCUT2D eigenvalue weighted by Gasteiger charge is 2.21. The van der Waals surface area contributed by atoms with Crippen molar-refractivity contribution in [1.29, 1.82) is 0 Å². The van der Waals surface area contributed by atoms with E-state index in [1.165, 1.54) is 6.42 Å². The number of benzene rings is 2. The van der Waals surface area contributed by atoms with E-state index in [0.717, 1.165) is 30.8 Å². The lowest BCUT2D eigenvalue weighted by Crippen LogP contribution is -2.42. The smallest absolute Gasteiger partial charge is 0.261 e. The Labute approximate surface area is 186 Å². The van der Waals surface area contributed by atoms with Gasteiger partial charge >= 0.3 is 0 Å². The van der Waals surface area contributed by atoms with E-state index in [9.17, 15) is 13.2 Å². The van der Waals surface area contributed by atoms with Crippen molar-refractivity contribution in [2.45, 2.75) is 39.0 Å². The monoisotopic (exact) mass is 443 g/mol. The lowest BCUT2D eigenvalue weighted by Gasteiger charge is -2.34. The maximum absolute atomic E-state index is 12.6. The Kier molecular flexibility index (Phi) is 7.38. The largest absolute Gasteiger partial charge is 0.351 e. The molecule has 0 aliphatic carbocycles. The predicted molar refractivity (Wildman–Crippen MR) is 125 cm³/mol. The van der Waals surface area contributed by atoms with Gasteiger partial charge in [-0.25, -0.2) is 8.42 Å². The molecule has 2 N–H and O–H groups in total. The van der Waals surface area contributed by atoms with Crippen LogP contribution in [0.3, 0.4) is 0 Å². The van der Waals surface area contributed by atoms with Gasteiger partial charge in [0.1, 0.15) is 0 Å². The summed E-state index contributed by atoms with van der Waals surface area (Å²) in [5, 5.41) is 2.96. The van der Waals surface area contributed by atoms with E-state index in [-0.39, 0.29) is 10.8 Å². The van der Waals surface area contributed by atoms with E-state index in [1.54, 1.807) is 42.5 Å². The minimum absolute atomic E-state index is 0.151. The number of amides is 1. The van der Waals surface area contributed by atoms with Crippen molar-refractivity contribution in [3.63, 3.8) is 0 Å². The van der Waals surface area contributed by atoms with Gasteiger partial charge in [-0.3, -0.25) is 9.52 Å². The van der Waals surface area contributed by atoms with Gasteiger partial charge in [0.25, 0.3) is 15.9 Å². The van der Waals surface area contributed by atoms with Crippen LogP contribution in [0.15, 0.2) is 47.4 Å². The number of likely N-dealkylation sites (tertiary alicyclic amines) is 1. The molecule has 0 spiro atoms. The average Bonchev–Trinajstić information content (AvgIpc) is 2.69. The van der Waals surface area contributed by atoms with Gasteiger partial charge in [0, 0.05) is 37.4 Å². The van der Waals surface area contributed by atoms with E-state index in [2.05, 4.69) is 28.8 Å². The van der Waals surface area contributed by atoms with Crippen LogP contribution >= 0.6 is 0 Å². The van der Waals surface area contributed by atoms with Gasteiger partial charge in [0.05, 0.1) is 4.90 Å². The third kappa shape index (κ3) is 6.31. The van der Waals surface area contributed by atoms with Crippen molar-refractivity contribution < 1.29 is 13.2 Å². The normalized spacial score (nSPS) is 19.7. The summed E-state index contributed by atoms with van der Waals surface area (Å²) < 4.78 is 27.8. The van der Waals surface area contributed by atoms with Gasteiger partial charge in [0.15, 0.2) is 0 Å². The number of sulfonamides is 1. The molecule has 31 heavy (non-hydrogen) atoms. The first-order valence-electron chi connectivity index (χ1n) is 10.8.